The molecule has 1 rings (SSSR count). The molecule has 98 valence electrons. The van der Waals surface area contributed by atoms with Crippen LogP contribution < -0.4 is 4.74 Å². The normalized spacial score (nSPS) is 10.2. The van der Waals surface area contributed by atoms with Gasteiger partial charge in [-0.05, 0) is 48.0 Å². The van der Waals surface area contributed by atoms with Crippen LogP contribution in [0.4, 0.5) is 0 Å². The molecule has 0 saturated heterocycles. The topological polar surface area (TPSA) is 72.8 Å². The van der Waals surface area contributed by atoms with Crippen LogP contribution in [-0.2, 0) is 9.53 Å². The number of benzene rings is 1. The first-order valence-electron chi connectivity index (χ1n) is 5.25. The smallest absolute Gasteiger partial charge is 0.344 e. The highest BCUT2D eigenvalue weighted by Crippen LogP contribution is 2.22. The van der Waals surface area contributed by atoms with Gasteiger partial charge >= 0.3 is 11.9 Å². The van der Waals surface area contributed by atoms with Crippen molar-refractivity contribution in [2.45, 2.75) is 20.0 Å². The van der Waals surface area contributed by atoms with Crippen molar-refractivity contribution < 1.29 is 24.2 Å². The van der Waals surface area contributed by atoms with Crippen molar-refractivity contribution in [2.75, 3.05) is 6.61 Å². The highest BCUT2D eigenvalue weighted by molar-refractivity contribution is 9.10. The summed E-state index contributed by atoms with van der Waals surface area (Å²) in [5.74, 6) is -1.27. The minimum absolute atomic E-state index is 0.0738. The van der Waals surface area contributed by atoms with E-state index in [1.165, 1.54) is 6.07 Å². The molecule has 0 radical (unpaired) electrons. The van der Waals surface area contributed by atoms with Crippen molar-refractivity contribution in [3.05, 3.63) is 28.2 Å². The van der Waals surface area contributed by atoms with Crippen LogP contribution >= 0.6 is 15.9 Å². The summed E-state index contributed by atoms with van der Waals surface area (Å²) in [6.45, 7) is 3.22. The van der Waals surface area contributed by atoms with E-state index in [2.05, 4.69) is 15.9 Å². The van der Waals surface area contributed by atoms with E-state index in [-0.39, 0.29) is 18.3 Å². The molecule has 0 heterocycles. The lowest BCUT2D eigenvalue weighted by Crippen LogP contribution is -2.18. The number of aromatic carboxylic acids is 1. The number of carboxylic acids is 1. The first-order valence-corrected chi connectivity index (χ1v) is 6.04. The second kappa shape index (κ2) is 6.39. The Kier molecular flexibility index (Phi) is 5.15. The predicted octanol–water partition coefficient (Wildman–Crippen LogP) is 2.48. The van der Waals surface area contributed by atoms with Gasteiger partial charge in [-0.2, -0.15) is 0 Å². The Morgan fingerprint density at radius 1 is 1.39 bits per heavy atom. The molecule has 0 aromatic heterocycles. The minimum Gasteiger partial charge on any atom is -0.482 e. The maximum absolute atomic E-state index is 11.2. The standard InChI is InChI=1S/C12H13BrO5/c1-7(2)18-11(14)6-17-8-3-4-10(13)9(5-8)12(15)16/h3-5,7H,6H2,1-2H3,(H,15,16). The third kappa shape index (κ3) is 4.37. The zero-order valence-electron chi connectivity index (χ0n) is 9.97. The molecule has 0 fully saturated rings. The average molecular weight is 317 g/mol. The molecule has 0 amide bonds. The Bertz CT molecular complexity index is 456. The van der Waals surface area contributed by atoms with Gasteiger partial charge in [0, 0.05) is 4.47 Å². The number of ether oxygens (including phenoxy) is 2. The molecule has 1 N–H and O–H groups in total. The maximum Gasteiger partial charge on any atom is 0.344 e. The first-order chi connectivity index (χ1) is 8.40. The van der Waals surface area contributed by atoms with Gasteiger partial charge in [0.05, 0.1) is 11.7 Å². The Hall–Kier alpha value is -1.56. The summed E-state index contributed by atoms with van der Waals surface area (Å²) in [6.07, 6.45) is -0.208. The number of hydrogen-bond donors (Lipinski definition) is 1. The maximum atomic E-state index is 11.2. The average Bonchev–Trinajstić information content (AvgIpc) is 2.26. The van der Waals surface area contributed by atoms with Crippen LogP contribution in [0.1, 0.15) is 24.2 Å². The Morgan fingerprint density at radius 2 is 2.06 bits per heavy atom. The highest BCUT2D eigenvalue weighted by Gasteiger charge is 2.11. The van der Waals surface area contributed by atoms with Gasteiger partial charge in [0.2, 0.25) is 0 Å². The van der Waals surface area contributed by atoms with Crippen LogP contribution in [0.2, 0.25) is 0 Å². The zero-order chi connectivity index (χ0) is 13.7. The van der Waals surface area contributed by atoms with Crippen molar-refractivity contribution in [1.82, 2.24) is 0 Å². The van der Waals surface area contributed by atoms with Gasteiger partial charge in [-0.1, -0.05) is 0 Å². The van der Waals surface area contributed by atoms with Crippen LogP contribution in [0.5, 0.6) is 5.75 Å². The fourth-order valence-corrected chi connectivity index (χ4v) is 1.61. The van der Waals surface area contributed by atoms with Crippen LogP contribution in [0.3, 0.4) is 0 Å². The molecule has 0 spiro atoms. The lowest BCUT2D eigenvalue weighted by Gasteiger charge is -2.10. The largest absolute Gasteiger partial charge is 0.482 e. The fraction of sp³-hybridized carbons (Fsp3) is 0.333. The van der Waals surface area contributed by atoms with Crippen molar-refractivity contribution >= 4 is 27.9 Å². The highest BCUT2D eigenvalue weighted by atomic mass is 79.9. The van der Waals surface area contributed by atoms with Gasteiger partial charge in [0.25, 0.3) is 0 Å². The zero-order valence-corrected chi connectivity index (χ0v) is 11.6. The molecular weight excluding hydrogens is 304 g/mol. The second-order valence-corrected chi connectivity index (χ2v) is 4.63. The number of carboxylic acid groups (broad SMARTS) is 1. The summed E-state index contributed by atoms with van der Waals surface area (Å²) in [7, 11) is 0. The molecule has 1 aromatic rings. The molecule has 18 heavy (non-hydrogen) atoms. The van der Waals surface area contributed by atoms with Crippen LogP contribution in [0, 0.1) is 0 Å². The molecule has 0 saturated carbocycles. The van der Waals surface area contributed by atoms with E-state index in [9.17, 15) is 9.59 Å². The van der Waals surface area contributed by atoms with E-state index in [1.807, 2.05) is 0 Å². The summed E-state index contributed by atoms with van der Waals surface area (Å²) in [5, 5.41) is 8.91. The van der Waals surface area contributed by atoms with E-state index in [4.69, 9.17) is 14.6 Å². The lowest BCUT2D eigenvalue weighted by molar-refractivity contribution is -0.149. The molecular formula is C12H13BrO5. The molecule has 5 nitrogen and oxygen atoms in total. The number of halogens is 1. The number of rotatable bonds is 5. The van der Waals surface area contributed by atoms with Crippen molar-refractivity contribution in [3.8, 4) is 5.75 Å². The van der Waals surface area contributed by atoms with E-state index < -0.39 is 11.9 Å². The fourth-order valence-electron chi connectivity index (χ4n) is 1.20. The second-order valence-electron chi connectivity index (χ2n) is 3.77. The number of esters is 1. The van der Waals surface area contributed by atoms with Crippen LogP contribution in [0.15, 0.2) is 22.7 Å². The first kappa shape index (κ1) is 14.5. The van der Waals surface area contributed by atoms with Crippen LogP contribution in [-0.4, -0.2) is 29.8 Å². The molecule has 0 atom stereocenters. The Labute approximate surface area is 113 Å². The van der Waals surface area contributed by atoms with Gasteiger partial charge in [-0.3, -0.25) is 0 Å². The summed E-state index contributed by atoms with van der Waals surface area (Å²) in [4.78, 5) is 22.1. The van der Waals surface area contributed by atoms with E-state index in [0.29, 0.717) is 10.2 Å². The molecule has 0 bridgehead atoms. The van der Waals surface area contributed by atoms with Crippen molar-refractivity contribution in [1.29, 1.82) is 0 Å². The van der Waals surface area contributed by atoms with Gasteiger partial charge in [-0.15, -0.1) is 0 Å². The van der Waals surface area contributed by atoms with Gasteiger partial charge in [-0.25, -0.2) is 9.59 Å². The molecule has 6 heteroatoms. The van der Waals surface area contributed by atoms with Crippen molar-refractivity contribution in [2.24, 2.45) is 0 Å². The van der Waals surface area contributed by atoms with Crippen LogP contribution in [0.25, 0.3) is 0 Å². The molecule has 0 aliphatic rings. The molecule has 0 aliphatic carbocycles. The van der Waals surface area contributed by atoms with E-state index in [0.717, 1.165) is 0 Å². The summed E-state index contributed by atoms with van der Waals surface area (Å²) in [6, 6.07) is 4.46. The number of carbonyl (C=O) groups excluding carboxylic acids is 1. The number of hydrogen-bond acceptors (Lipinski definition) is 4. The minimum atomic E-state index is -1.07. The predicted molar refractivity (Wildman–Crippen MR) is 67.8 cm³/mol. The van der Waals surface area contributed by atoms with Gasteiger partial charge in [0.15, 0.2) is 6.61 Å². The van der Waals surface area contributed by atoms with Gasteiger partial charge in [0.1, 0.15) is 5.75 Å². The third-order valence-corrected chi connectivity index (χ3v) is 2.58. The number of carbonyl (C=O) groups is 2. The Balaban J connectivity index is 2.66. The monoisotopic (exact) mass is 316 g/mol. The van der Waals surface area contributed by atoms with Crippen molar-refractivity contribution in [3.63, 3.8) is 0 Å². The summed E-state index contributed by atoms with van der Waals surface area (Å²) < 4.78 is 10.5. The van der Waals surface area contributed by atoms with E-state index >= 15 is 0 Å². The van der Waals surface area contributed by atoms with Gasteiger partial charge < -0.3 is 14.6 Å². The summed E-state index contributed by atoms with van der Waals surface area (Å²) in [5.41, 5.74) is 0.0738. The molecule has 0 aliphatic heterocycles. The third-order valence-electron chi connectivity index (χ3n) is 1.89. The lowest BCUT2D eigenvalue weighted by atomic mass is 10.2. The SMILES string of the molecule is CC(C)OC(=O)COc1ccc(Br)c(C(=O)O)c1. The van der Waals surface area contributed by atoms with E-state index in [1.54, 1.807) is 26.0 Å². The molecule has 0 unspecified atom stereocenters. The Morgan fingerprint density at radius 3 is 2.61 bits per heavy atom. The summed E-state index contributed by atoms with van der Waals surface area (Å²) >= 11 is 3.12. The quantitative estimate of drug-likeness (QED) is 0.845. The molecule has 1 aromatic carbocycles.